The molecule has 0 saturated heterocycles. The van der Waals surface area contributed by atoms with E-state index in [2.05, 4.69) is 241 Å². The van der Waals surface area contributed by atoms with Crippen LogP contribution in [0.4, 0.5) is 0 Å². The van der Waals surface area contributed by atoms with Crippen LogP contribution in [-0.2, 0) is 19.3 Å². The molecule has 11 aromatic rings. The summed E-state index contributed by atoms with van der Waals surface area (Å²) in [7, 11) is 0. The average molecular weight is 869 g/mol. The van der Waals surface area contributed by atoms with Crippen molar-refractivity contribution in [2.45, 2.75) is 31.6 Å². The van der Waals surface area contributed by atoms with Crippen LogP contribution in [0.15, 0.2) is 231 Å². The number of fused-ring (bicyclic) bond motifs is 7. The molecule has 0 amide bonds. The van der Waals surface area contributed by atoms with E-state index in [0.717, 1.165) is 59.4 Å². The number of aryl methyl sites for hydroxylation is 1. The summed E-state index contributed by atoms with van der Waals surface area (Å²) < 4.78 is 2.47. The lowest BCUT2D eigenvalue weighted by Crippen LogP contribution is -2.13. The molecule has 2 aromatic heterocycles. The quantitative estimate of drug-likeness (QED) is 0.149. The zero-order chi connectivity index (χ0) is 45.0. The summed E-state index contributed by atoms with van der Waals surface area (Å²) in [5, 5.41) is 3.91. The first-order chi connectivity index (χ1) is 33.7. The highest BCUT2D eigenvalue weighted by molar-refractivity contribution is 5.97. The van der Waals surface area contributed by atoms with Crippen LogP contribution in [-0.4, -0.2) is 9.55 Å². The molecule has 1 atom stereocenters. The molecule has 0 fully saturated rings. The molecule has 9 aromatic carbocycles. The summed E-state index contributed by atoms with van der Waals surface area (Å²) in [5.41, 5.74) is 23.6. The summed E-state index contributed by atoms with van der Waals surface area (Å²) in [5.74, 6) is 0.414. The Balaban J connectivity index is 0.827. The van der Waals surface area contributed by atoms with Crippen molar-refractivity contribution in [3.8, 4) is 72.7 Å². The minimum absolute atomic E-state index is 0.414. The minimum Gasteiger partial charge on any atom is -0.310 e. The van der Waals surface area contributed by atoms with Crippen LogP contribution < -0.4 is 0 Å². The van der Waals surface area contributed by atoms with Crippen molar-refractivity contribution in [1.82, 2.24) is 9.55 Å². The molecule has 0 spiro atoms. The molecule has 322 valence electrons. The molecule has 2 aliphatic rings. The molecule has 0 saturated carbocycles. The van der Waals surface area contributed by atoms with Crippen molar-refractivity contribution in [3.63, 3.8) is 0 Å². The number of benzene rings is 9. The number of pyridine rings is 1. The lowest BCUT2D eigenvalue weighted by Gasteiger charge is -2.28. The molecule has 2 aliphatic carbocycles. The lowest BCUT2D eigenvalue weighted by molar-refractivity contribution is 0.673. The van der Waals surface area contributed by atoms with Crippen molar-refractivity contribution < 1.29 is 0 Å². The third-order valence-electron chi connectivity index (χ3n) is 14.5. The van der Waals surface area contributed by atoms with E-state index in [1.54, 1.807) is 0 Å². The zero-order valence-electron chi connectivity index (χ0n) is 37.8. The van der Waals surface area contributed by atoms with Gasteiger partial charge >= 0.3 is 0 Å². The van der Waals surface area contributed by atoms with Gasteiger partial charge < -0.3 is 4.57 Å². The van der Waals surface area contributed by atoms with Crippen LogP contribution in [0.5, 0.6) is 0 Å². The van der Waals surface area contributed by atoms with E-state index < -0.39 is 0 Å². The summed E-state index contributed by atoms with van der Waals surface area (Å²) in [6, 6.07) is 82.6. The zero-order valence-corrected chi connectivity index (χ0v) is 37.8. The Labute approximate surface area is 398 Å². The Hall–Kier alpha value is -8.33. The highest BCUT2D eigenvalue weighted by atomic mass is 15.0. The van der Waals surface area contributed by atoms with Crippen molar-refractivity contribution in [1.29, 1.82) is 0 Å². The predicted octanol–water partition coefficient (Wildman–Crippen LogP) is 17.0. The van der Waals surface area contributed by atoms with Gasteiger partial charge in [-0.2, -0.15) is 0 Å². The summed E-state index contributed by atoms with van der Waals surface area (Å²) in [6.07, 6.45) is 8.76. The highest BCUT2D eigenvalue weighted by Gasteiger charge is 2.26. The maximum absolute atomic E-state index is 5.28. The van der Waals surface area contributed by atoms with Crippen molar-refractivity contribution >= 4 is 27.8 Å². The molecule has 0 bridgehead atoms. The fourth-order valence-corrected chi connectivity index (χ4v) is 11.2. The van der Waals surface area contributed by atoms with E-state index in [-0.39, 0.29) is 0 Å². The number of hydrogen-bond acceptors (Lipinski definition) is 1. The van der Waals surface area contributed by atoms with Gasteiger partial charge in [-0.05, 0) is 158 Å². The second kappa shape index (κ2) is 16.8. The number of hydrogen-bond donors (Lipinski definition) is 0. The van der Waals surface area contributed by atoms with Gasteiger partial charge in [0.25, 0.3) is 0 Å². The maximum Gasteiger partial charge on any atom is 0.0716 e. The fraction of sp³-hybridized carbons (Fsp3) is 0.0758. The standard InChI is InChI=1S/C66H48N2/c1-3-15-45(16-4-1)53-42-63(48-18-5-2-6-19-48)67-64(43-53)52-21-13-22-55(39-52)68-65-28-12-11-26-60(65)62-41-50(35-36-66(62)68)49-33-34-51-38-54(58-24-9-10-25-59(58)61(51)40-49)37-44-29-31-47(32-30-44)57-27-14-20-46-17-7-8-23-56(46)57/h1-10,12-25,27-36,39-43,54H,11,26,37-38H2. The van der Waals surface area contributed by atoms with Crippen molar-refractivity contribution in [2.24, 2.45) is 0 Å². The average Bonchev–Trinajstić information content (AvgIpc) is 3.75. The van der Waals surface area contributed by atoms with Crippen LogP contribution in [0.3, 0.4) is 0 Å². The third-order valence-corrected chi connectivity index (χ3v) is 14.5. The molecule has 13 rings (SSSR count). The SMILES string of the molecule is C1=Cc2c(c3cc(-c4ccc5c(c4)-c4ccccc4C(Cc4ccc(-c6cccc7ccccc67)cc4)C5)ccc3n2-c2cccc(-c3cc(-c4ccccc4)cc(-c4ccccc4)n3)c2)CC1. The molecule has 1 unspecified atom stereocenters. The van der Waals surface area contributed by atoms with Crippen molar-refractivity contribution in [2.75, 3.05) is 0 Å². The summed E-state index contributed by atoms with van der Waals surface area (Å²) in [6.45, 7) is 0. The Morgan fingerprint density at radius 3 is 2.00 bits per heavy atom. The molecule has 2 heteroatoms. The van der Waals surface area contributed by atoms with Gasteiger partial charge in [-0.15, -0.1) is 0 Å². The Morgan fingerprint density at radius 1 is 0.456 bits per heavy atom. The van der Waals surface area contributed by atoms with E-state index in [0.29, 0.717) is 5.92 Å². The van der Waals surface area contributed by atoms with Gasteiger partial charge in [-0.1, -0.05) is 188 Å². The molecule has 0 aliphatic heterocycles. The smallest absolute Gasteiger partial charge is 0.0716 e. The van der Waals surface area contributed by atoms with Gasteiger partial charge in [0, 0.05) is 27.9 Å². The molecular formula is C66H48N2. The van der Waals surface area contributed by atoms with Gasteiger partial charge in [0.05, 0.1) is 16.9 Å². The Kier molecular flexibility index (Phi) is 9.90. The molecule has 2 heterocycles. The van der Waals surface area contributed by atoms with Gasteiger partial charge in [-0.25, -0.2) is 4.98 Å². The summed E-state index contributed by atoms with van der Waals surface area (Å²) in [4.78, 5) is 5.28. The van der Waals surface area contributed by atoms with Crippen LogP contribution in [0.2, 0.25) is 0 Å². The Morgan fingerprint density at radius 2 is 1.13 bits per heavy atom. The normalized spacial score (nSPS) is 13.9. The van der Waals surface area contributed by atoms with E-state index in [4.69, 9.17) is 4.98 Å². The van der Waals surface area contributed by atoms with Crippen LogP contribution >= 0.6 is 0 Å². The molecule has 68 heavy (non-hydrogen) atoms. The fourth-order valence-electron chi connectivity index (χ4n) is 11.2. The van der Waals surface area contributed by atoms with Crippen LogP contribution in [0.1, 0.15) is 40.3 Å². The monoisotopic (exact) mass is 868 g/mol. The van der Waals surface area contributed by atoms with E-state index >= 15 is 0 Å². The van der Waals surface area contributed by atoms with E-state index in [1.165, 1.54) is 88.6 Å². The number of aromatic nitrogens is 2. The highest BCUT2D eigenvalue weighted by Crippen LogP contribution is 2.44. The minimum atomic E-state index is 0.414. The predicted molar refractivity (Wildman–Crippen MR) is 285 cm³/mol. The van der Waals surface area contributed by atoms with Gasteiger partial charge in [-0.3, -0.25) is 0 Å². The molecule has 2 nitrogen and oxygen atoms in total. The maximum atomic E-state index is 5.28. The van der Waals surface area contributed by atoms with Gasteiger partial charge in [0.15, 0.2) is 0 Å². The largest absolute Gasteiger partial charge is 0.310 e. The first-order valence-electron chi connectivity index (χ1n) is 24.1. The second-order valence-corrected chi connectivity index (χ2v) is 18.6. The second-order valence-electron chi connectivity index (χ2n) is 18.6. The van der Waals surface area contributed by atoms with E-state index in [9.17, 15) is 0 Å². The third kappa shape index (κ3) is 7.17. The van der Waals surface area contributed by atoms with E-state index in [1.807, 2.05) is 0 Å². The van der Waals surface area contributed by atoms with Gasteiger partial charge in [0.1, 0.15) is 0 Å². The van der Waals surface area contributed by atoms with Gasteiger partial charge in [0.2, 0.25) is 0 Å². The van der Waals surface area contributed by atoms with Crippen molar-refractivity contribution in [3.05, 3.63) is 258 Å². The molecule has 0 N–H and O–H groups in total. The lowest BCUT2D eigenvalue weighted by atomic mass is 9.75. The summed E-state index contributed by atoms with van der Waals surface area (Å²) >= 11 is 0. The molecular weight excluding hydrogens is 821 g/mol. The molecule has 0 radical (unpaired) electrons. The number of nitrogens with zero attached hydrogens (tertiary/aromatic N) is 2. The number of allylic oxidation sites excluding steroid dienone is 1. The first kappa shape index (κ1) is 40.0. The topological polar surface area (TPSA) is 17.8 Å². The number of rotatable bonds is 8. The van der Waals surface area contributed by atoms with Crippen LogP contribution in [0.25, 0.3) is 100 Å². The first-order valence-corrected chi connectivity index (χ1v) is 24.1. The Bertz CT molecular complexity index is 3660. The van der Waals surface area contributed by atoms with Crippen LogP contribution in [0, 0.1) is 0 Å².